The monoisotopic (exact) mass is 230 g/mol. The smallest absolute Gasteiger partial charge is 0.266 e. The van der Waals surface area contributed by atoms with Crippen LogP contribution in [0.2, 0.25) is 0 Å². The number of nitrogens with one attached hydrogen (secondary N) is 1. The molecular formula is C12H14N4O. The molecule has 0 amide bonds. The number of rotatable bonds is 5. The van der Waals surface area contributed by atoms with Crippen LogP contribution in [0.25, 0.3) is 0 Å². The van der Waals surface area contributed by atoms with Crippen LogP contribution in [0.4, 0.5) is 0 Å². The minimum atomic E-state index is -0.0734. The Kier molecular flexibility index (Phi) is 3.99. The van der Waals surface area contributed by atoms with Crippen LogP contribution < -0.4 is 10.9 Å². The van der Waals surface area contributed by atoms with Gasteiger partial charge in [-0.1, -0.05) is 6.07 Å². The Hall–Kier alpha value is -2.01. The minimum absolute atomic E-state index is 0.0734. The first-order chi connectivity index (χ1) is 8.36. The van der Waals surface area contributed by atoms with E-state index in [0.29, 0.717) is 13.1 Å². The van der Waals surface area contributed by atoms with Gasteiger partial charge in [-0.25, -0.2) is 4.68 Å². The lowest BCUT2D eigenvalue weighted by Crippen LogP contribution is -2.27. The average molecular weight is 230 g/mol. The number of nitrogens with zero attached hydrogens (tertiary/aromatic N) is 3. The van der Waals surface area contributed by atoms with E-state index in [1.54, 1.807) is 18.5 Å². The van der Waals surface area contributed by atoms with Crippen molar-refractivity contribution >= 4 is 0 Å². The second-order valence-electron chi connectivity index (χ2n) is 3.62. The van der Waals surface area contributed by atoms with Crippen LogP contribution >= 0.6 is 0 Å². The molecule has 2 aromatic rings. The van der Waals surface area contributed by atoms with Gasteiger partial charge in [0.05, 0.1) is 6.54 Å². The van der Waals surface area contributed by atoms with Gasteiger partial charge in [-0.3, -0.25) is 9.78 Å². The second kappa shape index (κ2) is 5.91. The summed E-state index contributed by atoms with van der Waals surface area (Å²) in [6.45, 7) is 2.02. The van der Waals surface area contributed by atoms with Crippen molar-refractivity contribution in [1.82, 2.24) is 20.1 Å². The van der Waals surface area contributed by atoms with E-state index in [4.69, 9.17) is 0 Å². The molecule has 0 saturated carbocycles. The fraction of sp³-hybridized carbons (Fsp3) is 0.250. The predicted molar refractivity (Wildman–Crippen MR) is 64.4 cm³/mol. The third-order valence-electron chi connectivity index (χ3n) is 2.34. The van der Waals surface area contributed by atoms with E-state index in [2.05, 4.69) is 15.4 Å². The quantitative estimate of drug-likeness (QED) is 0.757. The maximum absolute atomic E-state index is 11.3. The van der Waals surface area contributed by atoms with Crippen molar-refractivity contribution in [3.8, 4) is 0 Å². The van der Waals surface area contributed by atoms with Crippen molar-refractivity contribution in [3.05, 3.63) is 58.8 Å². The SMILES string of the molecule is O=c1cccnn1CCNCc1cccnc1. The molecule has 0 bridgehead atoms. The first-order valence-corrected chi connectivity index (χ1v) is 5.48. The molecule has 0 unspecified atom stereocenters. The molecule has 5 heteroatoms. The highest BCUT2D eigenvalue weighted by atomic mass is 16.1. The van der Waals surface area contributed by atoms with Gasteiger partial charge in [0.2, 0.25) is 0 Å². The number of aromatic nitrogens is 3. The lowest BCUT2D eigenvalue weighted by atomic mass is 10.3. The highest BCUT2D eigenvalue weighted by Gasteiger charge is 1.95. The van der Waals surface area contributed by atoms with Gasteiger partial charge in [0.25, 0.3) is 5.56 Å². The first-order valence-electron chi connectivity index (χ1n) is 5.48. The number of hydrogen-bond acceptors (Lipinski definition) is 4. The molecule has 2 aromatic heterocycles. The third-order valence-corrected chi connectivity index (χ3v) is 2.34. The molecule has 0 radical (unpaired) electrons. The van der Waals surface area contributed by atoms with Crippen molar-refractivity contribution < 1.29 is 0 Å². The number of pyridine rings is 1. The molecule has 0 fully saturated rings. The van der Waals surface area contributed by atoms with E-state index < -0.39 is 0 Å². The summed E-state index contributed by atoms with van der Waals surface area (Å²) < 4.78 is 1.44. The Labute approximate surface area is 99.1 Å². The summed E-state index contributed by atoms with van der Waals surface area (Å²) in [6.07, 6.45) is 5.18. The fourth-order valence-corrected chi connectivity index (χ4v) is 1.48. The topological polar surface area (TPSA) is 59.8 Å². The summed E-state index contributed by atoms with van der Waals surface area (Å²) >= 11 is 0. The van der Waals surface area contributed by atoms with E-state index in [1.165, 1.54) is 10.7 Å². The molecule has 17 heavy (non-hydrogen) atoms. The maximum atomic E-state index is 11.3. The summed E-state index contributed by atoms with van der Waals surface area (Å²) in [7, 11) is 0. The van der Waals surface area contributed by atoms with Crippen LogP contribution in [-0.2, 0) is 13.1 Å². The molecule has 0 aliphatic carbocycles. The zero-order chi connectivity index (χ0) is 11.9. The van der Waals surface area contributed by atoms with Crippen LogP contribution in [0, 0.1) is 0 Å². The lowest BCUT2D eigenvalue weighted by molar-refractivity contribution is 0.531. The zero-order valence-corrected chi connectivity index (χ0v) is 9.41. The molecule has 0 saturated heterocycles. The normalized spacial score (nSPS) is 10.4. The Morgan fingerprint density at radius 1 is 1.24 bits per heavy atom. The molecule has 0 aliphatic heterocycles. The highest BCUT2D eigenvalue weighted by molar-refractivity contribution is 5.07. The predicted octanol–water partition coefficient (Wildman–Crippen LogP) is 0.428. The zero-order valence-electron chi connectivity index (χ0n) is 9.41. The van der Waals surface area contributed by atoms with Crippen LogP contribution in [0.3, 0.4) is 0 Å². The molecule has 88 valence electrons. The van der Waals surface area contributed by atoms with Gasteiger partial charge >= 0.3 is 0 Å². The van der Waals surface area contributed by atoms with Crippen LogP contribution in [0.5, 0.6) is 0 Å². The van der Waals surface area contributed by atoms with Gasteiger partial charge in [0.15, 0.2) is 0 Å². The van der Waals surface area contributed by atoms with E-state index in [-0.39, 0.29) is 5.56 Å². The van der Waals surface area contributed by atoms with Crippen molar-refractivity contribution in [2.45, 2.75) is 13.1 Å². The van der Waals surface area contributed by atoms with Gasteiger partial charge in [0, 0.05) is 37.7 Å². The van der Waals surface area contributed by atoms with E-state index in [0.717, 1.165) is 12.1 Å². The van der Waals surface area contributed by atoms with Crippen LogP contribution in [0.1, 0.15) is 5.56 Å². The summed E-state index contributed by atoms with van der Waals surface area (Å²) in [5, 5.41) is 7.21. The number of hydrogen-bond donors (Lipinski definition) is 1. The molecule has 0 atom stereocenters. The summed E-state index contributed by atoms with van der Waals surface area (Å²) in [4.78, 5) is 15.4. The largest absolute Gasteiger partial charge is 0.311 e. The molecule has 0 spiro atoms. The second-order valence-corrected chi connectivity index (χ2v) is 3.62. The Morgan fingerprint density at radius 2 is 2.12 bits per heavy atom. The highest BCUT2D eigenvalue weighted by Crippen LogP contribution is 1.93. The van der Waals surface area contributed by atoms with Crippen molar-refractivity contribution in [1.29, 1.82) is 0 Å². The molecule has 0 aliphatic rings. The Morgan fingerprint density at radius 3 is 2.88 bits per heavy atom. The summed E-state index contributed by atoms with van der Waals surface area (Å²) in [5.41, 5.74) is 1.05. The van der Waals surface area contributed by atoms with E-state index in [1.807, 2.05) is 18.3 Å². The van der Waals surface area contributed by atoms with Gasteiger partial charge in [-0.15, -0.1) is 0 Å². The fourth-order valence-electron chi connectivity index (χ4n) is 1.48. The summed E-state index contributed by atoms with van der Waals surface area (Å²) in [5.74, 6) is 0. The van der Waals surface area contributed by atoms with Crippen LogP contribution in [-0.4, -0.2) is 21.3 Å². The lowest BCUT2D eigenvalue weighted by Gasteiger charge is -2.05. The maximum Gasteiger partial charge on any atom is 0.266 e. The van der Waals surface area contributed by atoms with Gasteiger partial charge < -0.3 is 5.32 Å². The summed E-state index contributed by atoms with van der Waals surface area (Å²) in [6, 6.07) is 7.06. The molecule has 2 heterocycles. The van der Waals surface area contributed by atoms with Gasteiger partial charge in [-0.05, 0) is 17.7 Å². The van der Waals surface area contributed by atoms with Gasteiger partial charge in [-0.2, -0.15) is 5.10 Å². The van der Waals surface area contributed by atoms with Crippen molar-refractivity contribution in [3.63, 3.8) is 0 Å². The Bertz CT molecular complexity index is 509. The van der Waals surface area contributed by atoms with E-state index >= 15 is 0 Å². The molecule has 2 rings (SSSR count). The molecular weight excluding hydrogens is 216 g/mol. The van der Waals surface area contributed by atoms with Crippen molar-refractivity contribution in [2.75, 3.05) is 6.54 Å². The molecule has 1 N–H and O–H groups in total. The average Bonchev–Trinajstić information content (AvgIpc) is 2.38. The van der Waals surface area contributed by atoms with Crippen LogP contribution in [0.15, 0.2) is 47.7 Å². The first kappa shape index (κ1) is 11.5. The standard InChI is InChI=1S/C12H14N4O/c17-12-4-2-6-15-16(12)8-7-14-10-11-3-1-5-13-9-11/h1-6,9,14H,7-8,10H2. The molecule has 0 aromatic carbocycles. The van der Waals surface area contributed by atoms with Gasteiger partial charge in [0.1, 0.15) is 0 Å². The third kappa shape index (κ3) is 3.49. The Balaban J connectivity index is 1.78. The minimum Gasteiger partial charge on any atom is -0.311 e. The molecule has 5 nitrogen and oxygen atoms in total. The van der Waals surface area contributed by atoms with E-state index in [9.17, 15) is 4.79 Å². The van der Waals surface area contributed by atoms with Crippen molar-refractivity contribution in [2.24, 2.45) is 0 Å².